The summed E-state index contributed by atoms with van der Waals surface area (Å²) in [6.45, 7) is 1.96. The highest BCUT2D eigenvalue weighted by Crippen LogP contribution is 2.33. The third-order valence-electron chi connectivity index (χ3n) is 3.27. The predicted molar refractivity (Wildman–Crippen MR) is 69.0 cm³/mol. The van der Waals surface area contributed by atoms with Crippen molar-refractivity contribution in [1.82, 2.24) is 5.32 Å². The second-order valence-electron chi connectivity index (χ2n) is 4.69. The van der Waals surface area contributed by atoms with Crippen molar-refractivity contribution in [2.75, 3.05) is 0 Å². The molecule has 4 nitrogen and oxygen atoms in total. The number of nitrogens with one attached hydrogen (secondary N) is 1. The number of rotatable bonds is 4. The molecule has 0 spiro atoms. The molecule has 0 bridgehead atoms. The molecule has 0 heterocycles. The summed E-state index contributed by atoms with van der Waals surface area (Å²) in [4.78, 5) is 10.8. The number of amides is 1. The van der Waals surface area contributed by atoms with Crippen LogP contribution in [-0.4, -0.2) is 20.4 Å². The van der Waals surface area contributed by atoms with Gasteiger partial charge in [-0.05, 0) is 24.5 Å². The third kappa shape index (κ3) is 3.09. The maximum Gasteiger partial charge on any atom is 0.264 e. The minimum absolute atomic E-state index is 0.0776. The highest BCUT2D eigenvalue weighted by Gasteiger charge is 2.37. The lowest BCUT2D eigenvalue weighted by molar-refractivity contribution is 0.0944. The summed E-state index contributed by atoms with van der Waals surface area (Å²) in [5.41, 5.74) is -0.661. The van der Waals surface area contributed by atoms with E-state index in [-0.39, 0.29) is 6.04 Å². The summed E-state index contributed by atoms with van der Waals surface area (Å²) in [5.74, 6) is -2.90. The largest absolute Gasteiger partial charge is 0.349 e. The zero-order valence-electron chi connectivity index (χ0n) is 10.5. The zero-order chi connectivity index (χ0) is 15.1. The molecule has 1 aromatic rings. The highest BCUT2D eigenvalue weighted by molar-refractivity contribution is 8.13. The van der Waals surface area contributed by atoms with Crippen molar-refractivity contribution in [3.63, 3.8) is 0 Å². The van der Waals surface area contributed by atoms with Crippen molar-refractivity contribution in [2.24, 2.45) is 5.92 Å². The van der Waals surface area contributed by atoms with E-state index in [1.807, 2.05) is 6.92 Å². The molecule has 2 atom stereocenters. The molecule has 110 valence electrons. The van der Waals surface area contributed by atoms with Gasteiger partial charge in [0, 0.05) is 16.7 Å². The molecular formula is C12H12ClF2NO3S. The number of benzene rings is 1. The Balaban J connectivity index is 2.32. The average Bonchev–Trinajstić information content (AvgIpc) is 3.08. The van der Waals surface area contributed by atoms with Crippen LogP contribution in [0.25, 0.3) is 0 Å². The van der Waals surface area contributed by atoms with Gasteiger partial charge in [-0.2, -0.15) is 0 Å². The Morgan fingerprint density at radius 1 is 1.45 bits per heavy atom. The summed E-state index contributed by atoms with van der Waals surface area (Å²) < 4.78 is 49.6. The third-order valence-corrected chi connectivity index (χ3v) is 4.60. The Bertz CT molecular complexity index is 663. The Kier molecular flexibility index (Phi) is 4.02. The van der Waals surface area contributed by atoms with E-state index in [9.17, 15) is 22.0 Å². The minimum Gasteiger partial charge on any atom is -0.349 e. The number of carbonyl (C=O) groups excluding carboxylic acids is 1. The van der Waals surface area contributed by atoms with Crippen molar-refractivity contribution in [1.29, 1.82) is 0 Å². The maximum absolute atomic E-state index is 14.0. The van der Waals surface area contributed by atoms with Gasteiger partial charge in [-0.3, -0.25) is 4.79 Å². The summed E-state index contributed by atoms with van der Waals surface area (Å²) in [6.07, 6.45) is 1.65. The maximum atomic E-state index is 14.0. The first-order valence-electron chi connectivity index (χ1n) is 5.98. The monoisotopic (exact) mass is 323 g/mol. The van der Waals surface area contributed by atoms with Crippen molar-refractivity contribution in [3.8, 4) is 0 Å². The molecule has 1 amide bonds. The second-order valence-corrected chi connectivity index (χ2v) is 7.22. The van der Waals surface area contributed by atoms with Crippen molar-refractivity contribution in [2.45, 2.75) is 30.7 Å². The first kappa shape index (κ1) is 15.2. The van der Waals surface area contributed by atoms with E-state index in [4.69, 9.17) is 10.7 Å². The summed E-state index contributed by atoms with van der Waals surface area (Å²) in [7, 11) is 0.547. The Morgan fingerprint density at radius 3 is 2.60 bits per heavy atom. The zero-order valence-corrected chi connectivity index (χ0v) is 12.1. The van der Waals surface area contributed by atoms with Gasteiger partial charge in [0.1, 0.15) is 10.7 Å². The summed E-state index contributed by atoms with van der Waals surface area (Å²) in [5, 5.41) is 2.53. The molecule has 1 N–H and O–H groups in total. The van der Waals surface area contributed by atoms with E-state index in [0.717, 1.165) is 12.8 Å². The van der Waals surface area contributed by atoms with Crippen LogP contribution < -0.4 is 5.32 Å². The quantitative estimate of drug-likeness (QED) is 0.866. The van der Waals surface area contributed by atoms with Gasteiger partial charge >= 0.3 is 0 Å². The Labute approximate surface area is 119 Å². The summed E-state index contributed by atoms with van der Waals surface area (Å²) in [6, 6.07) is 1.02. The van der Waals surface area contributed by atoms with Crippen LogP contribution in [0.15, 0.2) is 17.0 Å². The predicted octanol–water partition coefficient (Wildman–Crippen LogP) is 2.42. The van der Waals surface area contributed by atoms with E-state index < -0.39 is 37.1 Å². The topological polar surface area (TPSA) is 63.2 Å². The van der Waals surface area contributed by atoms with Gasteiger partial charge < -0.3 is 5.32 Å². The molecular weight excluding hydrogens is 312 g/mol. The van der Waals surface area contributed by atoms with Crippen LogP contribution >= 0.6 is 10.7 Å². The van der Waals surface area contributed by atoms with Gasteiger partial charge in [0.05, 0.1) is 5.56 Å². The molecule has 1 saturated carbocycles. The lowest BCUT2D eigenvalue weighted by atomic mass is 10.2. The van der Waals surface area contributed by atoms with Crippen molar-refractivity contribution in [3.05, 3.63) is 29.3 Å². The van der Waals surface area contributed by atoms with Crippen LogP contribution in [0.5, 0.6) is 0 Å². The lowest BCUT2D eigenvalue weighted by Crippen LogP contribution is -2.28. The lowest BCUT2D eigenvalue weighted by Gasteiger charge is -2.08. The molecule has 1 aromatic carbocycles. The molecule has 1 aliphatic carbocycles. The van der Waals surface area contributed by atoms with Gasteiger partial charge in [0.15, 0.2) is 5.82 Å². The van der Waals surface area contributed by atoms with Gasteiger partial charge in [-0.15, -0.1) is 0 Å². The molecule has 20 heavy (non-hydrogen) atoms. The molecule has 2 unspecified atom stereocenters. The fraction of sp³-hybridized carbons (Fsp3) is 0.417. The van der Waals surface area contributed by atoms with Crippen LogP contribution in [0.2, 0.25) is 0 Å². The number of hydrogen-bond donors (Lipinski definition) is 1. The summed E-state index contributed by atoms with van der Waals surface area (Å²) >= 11 is 0. The fourth-order valence-electron chi connectivity index (χ4n) is 2.03. The van der Waals surface area contributed by atoms with E-state index in [0.29, 0.717) is 18.1 Å². The molecule has 1 fully saturated rings. The number of halogens is 3. The van der Waals surface area contributed by atoms with Gasteiger partial charge in [-0.1, -0.05) is 13.3 Å². The van der Waals surface area contributed by atoms with Gasteiger partial charge in [-0.25, -0.2) is 17.2 Å². The molecule has 1 aliphatic rings. The minimum atomic E-state index is -4.46. The fourth-order valence-corrected chi connectivity index (χ4v) is 2.94. The molecule has 2 rings (SSSR count). The van der Waals surface area contributed by atoms with Crippen molar-refractivity contribution < 1.29 is 22.0 Å². The molecule has 0 aliphatic heterocycles. The highest BCUT2D eigenvalue weighted by atomic mass is 35.7. The average molecular weight is 324 g/mol. The Hall–Kier alpha value is -1.21. The molecule has 0 radical (unpaired) electrons. The van der Waals surface area contributed by atoms with E-state index in [1.54, 1.807) is 0 Å². The first-order valence-corrected chi connectivity index (χ1v) is 8.29. The van der Waals surface area contributed by atoms with Crippen LogP contribution in [0, 0.1) is 17.6 Å². The van der Waals surface area contributed by atoms with E-state index in [2.05, 4.69) is 5.32 Å². The van der Waals surface area contributed by atoms with Crippen LogP contribution in [0.4, 0.5) is 8.78 Å². The van der Waals surface area contributed by atoms with Gasteiger partial charge in [0.25, 0.3) is 15.0 Å². The second kappa shape index (κ2) is 5.29. The molecule has 0 aromatic heterocycles. The Morgan fingerprint density at radius 2 is 2.10 bits per heavy atom. The molecule has 8 heteroatoms. The number of carbonyl (C=O) groups is 1. The number of hydrogen-bond acceptors (Lipinski definition) is 3. The van der Waals surface area contributed by atoms with E-state index in [1.165, 1.54) is 0 Å². The van der Waals surface area contributed by atoms with Crippen LogP contribution in [0.1, 0.15) is 30.1 Å². The normalized spacial score (nSPS) is 21.6. The first-order chi connectivity index (χ1) is 9.24. The van der Waals surface area contributed by atoms with Crippen molar-refractivity contribution >= 4 is 25.6 Å². The SMILES string of the molecule is CCC1CC1NC(=O)c1cc(F)cc(S(=O)(=O)Cl)c1F. The smallest absolute Gasteiger partial charge is 0.264 e. The van der Waals surface area contributed by atoms with Gasteiger partial charge in [0.2, 0.25) is 0 Å². The molecule has 0 saturated heterocycles. The van der Waals surface area contributed by atoms with Crippen LogP contribution in [0.3, 0.4) is 0 Å². The van der Waals surface area contributed by atoms with E-state index >= 15 is 0 Å². The standard InChI is InChI=1S/C12H12ClF2NO3S/c1-2-6-3-9(6)16-12(17)8-4-7(14)5-10(11(8)15)20(13,18)19/h4-6,9H,2-3H2,1H3,(H,16,17). The van der Waals surface area contributed by atoms with Crippen LogP contribution in [-0.2, 0) is 9.05 Å².